The molecule has 0 saturated carbocycles. The van der Waals surface area contributed by atoms with Crippen molar-refractivity contribution in [2.75, 3.05) is 17.1 Å². The monoisotopic (exact) mass is 527 g/mol. The summed E-state index contributed by atoms with van der Waals surface area (Å²) in [6.45, 7) is 5.10. The minimum absolute atomic E-state index is 0.0455. The molecular formula is C24H31Cl2N3O4S. The van der Waals surface area contributed by atoms with Gasteiger partial charge in [0.05, 0.1) is 11.9 Å². The lowest BCUT2D eigenvalue weighted by Gasteiger charge is -2.33. The molecule has 10 heteroatoms. The van der Waals surface area contributed by atoms with E-state index in [0.29, 0.717) is 27.7 Å². The SMILES string of the molecule is CC[C@@H](C)NC(=O)[C@H](CC)N(Cc1c(Cl)cccc1Cl)C(=O)CN(c1ccccc1)S(C)(=O)=O. The molecule has 186 valence electrons. The van der Waals surface area contributed by atoms with Crippen molar-refractivity contribution in [2.45, 2.75) is 52.2 Å². The Morgan fingerprint density at radius 1 is 0.971 bits per heavy atom. The van der Waals surface area contributed by atoms with E-state index < -0.39 is 28.5 Å². The third-order valence-electron chi connectivity index (χ3n) is 5.50. The van der Waals surface area contributed by atoms with Gasteiger partial charge in [0.2, 0.25) is 21.8 Å². The van der Waals surface area contributed by atoms with E-state index >= 15 is 0 Å². The number of carbonyl (C=O) groups is 2. The highest BCUT2D eigenvalue weighted by molar-refractivity contribution is 7.92. The summed E-state index contributed by atoms with van der Waals surface area (Å²) in [5, 5.41) is 3.62. The van der Waals surface area contributed by atoms with Crippen LogP contribution in [-0.2, 0) is 26.2 Å². The molecule has 1 N–H and O–H groups in total. The quantitative estimate of drug-likeness (QED) is 0.466. The van der Waals surface area contributed by atoms with Crippen molar-refractivity contribution in [3.8, 4) is 0 Å². The second kappa shape index (κ2) is 12.4. The Kier molecular flexibility index (Phi) is 10.2. The van der Waals surface area contributed by atoms with Crippen LogP contribution >= 0.6 is 23.2 Å². The van der Waals surface area contributed by atoms with Crippen LogP contribution in [0.4, 0.5) is 5.69 Å². The molecule has 2 rings (SSSR count). The van der Waals surface area contributed by atoms with Gasteiger partial charge in [0.1, 0.15) is 12.6 Å². The number of para-hydroxylation sites is 1. The molecule has 7 nitrogen and oxygen atoms in total. The maximum atomic E-state index is 13.6. The van der Waals surface area contributed by atoms with Crippen LogP contribution in [0.2, 0.25) is 10.0 Å². The standard InChI is InChI=1S/C24H31Cl2N3O4S/c1-5-17(3)27-24(31)22(6-2)28(15-19-20(25)13-10-14-21(19)26)23(30)16-29(34(4,32)33)18-11-8-7-9-12-18/h7-14,17,22H,5-6,15-16H2,1-4H3,(H,27,31)/t17-,22+/m1/s1. The van der Waals surface area contributed by atoms with Gasteiger partial charge in [0.15, 0.2) is 0 Å². The second-order valence-corrected chi connectivity index (χ2v) is 10.8. The Bertz CT molecular complexity index is 1080. The van der Waals surface area contributed by atoms with Gasteiger partial charge in [-0.05, 0) is 44.0 Å². The zero-order valence-corrected chi connectivity index (χ0v) is 22.1. The first-order valence-corrected chi connectivity index (χ1v) is 13.6. The number of benzene rings is 2. The summed E-state index contributed by atoms with van der Waals surface area (Å²) in [4.78, 5) is 28.1. The normalized spacial score (nSPS) is 13.1. The predicted octanol–water partition coefficient (Wildman–Crippen LogP) is 4.48. The van der Waals surface area contributed by atoms with Crippen molar-refractivity contribution in [3.63, 3.8) is 0 Å². The van der Waals surface area contributed by atoms with E-state index in [9.17, 15) is 18.0 Å². The fraction of sp³-hybridized carbons (Fsp3) is 0.417. The number of rotatable bonds is 11. The minimum Gasteiger partial charge on any atom is -0.352 e. The molecule has 0 unspecified atom stereocenters. The van der Waals surface area contributed by atoms with Gasteiger partial charge in [-0.1, -0.05) is 61.3 Å². The first-order valence-electron chi connectivity index (χ1n) is 11.0. The van der Waals surface area contributed by atoms with Crippen LogP contribution in [-0.4, -0.2) is 50.0 Å². The zero-order chi connectivity index (χ0) is 25.5. The highest BCUT2D eigenvalue weighted by Crippen LogP contribution is 2.27. The fourth-order valence-electron chi connectivity index (χ4n) is 3.42. The molecule has 0 aliphatic rings. The molecule has 0 heterocycles. The van der Waals surface area contributed by atoms with Gasteiger partial charge < -0.3 is 10.2 Å². The molecule has 34 heavy (non-hydrogen) atoms. The van der Waals surface area contributed by atoms with Gasteiger partial charge in [0, 0.05) is 28.2 Å². The van der Waals surface area contributed by atoms with Crippen molar-refractivity contribution in [3.05, 3.63) is 64.1 Å². The number of hydrogen-bond acceptors (Lipinski definition) is 4. The Hall–Kier alpha value is -2.29. The molecule has 0 aliphatic carbocycles. The molecule has 0 radical (unpaired) electrons. The molecule has 0 fully saturated rings. The maximum Gasteiger partial charge on any atom is 0.244 e. The van der Waals surface area contributed by atoms with Gasteiger partial charge >= 0.3 is 0 Å². The van der Waals surface area contributed by atoms with Crippen LogP contribution in [0.15, 0.2) is 48.5 Å². The van der Waals surface area contributed by atoms with Crippen molar-refractivity contribution in [1.82, 2.24) is 10.2 Å². The number of hydrogen-bond donors (Lipinski definition) is 1. The highest BCUT2D eigenvalue weighted by Gasteiger charge is 2.32. The first kappa shape index (κ1) is 28.0. The first-order chi connectivity index (χ1) is 16.0. The van der Waals surface area contributed by atoms with E-state index in [1.165, 1.54) is 4.90 Å². The van der Waals surface area contributed by atoms with Crippen LogP contribution in [0.1, 0.15) is 39.2 Å². The molecule has 2 amide bonds. The van der Waals surface area contributed by atoms with Crippen LogP contribution in [0.25, 0.3) is 0 Å². The minimum atomic E-state index is -3.78. The van der Waals surface area contributed by atoms with E-state index in [1.54, 1.807) is 55.5 Å². The van der Waals surface area contributed by atoms with Gasteiger partial charge in [0.25, 0.3) is 0 Å². The van der Waals surface area contributed by atoms with E-state index in [2.05, 4.69) is 5.32 Å². The number of nitrogens with one attached hydrogen (secondary N) is 1. The summed E-state index contributed by atoms with van der Waals surface area (Å²) < 4.78 is 26.1. The number of nitrogens with zero attached hydrogens (tertiary/aromatic N) is 2. The Labute approximate surface area is 212 Å². The third kappa shape index (κ3) is 7.35. The van der Waals surface area contributed by atoms with Gasteiger partial charge in [-0.3, -0.25) is 13.9 Å². The van der Waals surface area contributed by atoms with Crippen LogP contribution in [0.3, 0.4) is 0 Å². The number of anilines is 1. The van der Waals surface area contributed by atoms with Gasteiger partial charge in [-0.2, -0.15) is 0 Å². The summed E-state index contributed by atoms with van der Waals surface area (Å²) >= 11 is 12.7. The summed E-state index contributed by atoms with van der Waals surface area (Å²) in [6.07, 6.45) is 2.08. The maximum absolute atomic E-state index is 13.6. The summed E-state index contributed by atoms with van der Waals surface area (Å²) in [7, 11) is -3.78. The predicted molar refractivity (Wildman–Crippen MR) is 138 cm³/mol. The number of halogens is 2. The molecule has 0 spiro atoms. The summed E-state index contributed by atoms with van der Waals surface area (Å²) in [6, 6.07) is 12.4. The Morgan fingerprint density at radius 3 is 2.06 bits per heavy atom. The third-order valence-corrected chi connectivity index (χ3v) is 7.35. The van der Waals surface area contributed by atoms with E-state index in [1.807, 2.05) is 13.8 Å². The van der Waals surface area contributed by atoms with E-state index in [4.69, 9.17) is 23.2 Å². The van der Waals surface area contributed by atoms with Crippen molar-refractivity contribution < 1.29 is 18.0 Å². The Morgan fingerprint density at radius 2 is 1.56 bits per heavy atom. The molecule has 0 aromatic heterocycles. The average molecular weight is 529 g/mol. The van der Waals surface area contributed by atoms with Gasteiger partial charge in [-0.15, -0.1) is 0 Å². The number of amides is 2. The van der Waals surface area contributed by atoms with E-state index in [-0.39, 0.29) is 18.5 Å². The van der Waals surface area contributed by atoms with Gasteiger partial charge in [-0.25, -0.2) is 8.42 Å². The molecule has 2 atom stereocenters. The summed E-state index contributed by atoms with van der Waals surface area (Å²) in [5.41, 5.74) is 0.839. The molecular weight excluding hydrogens is 497 g/mol. The number of carbonyl (C=O) groups excluding carboxylic acids is 2. The lowest BCUT2D eigenvalue weighted by molar-refractivity contribution is -0.140. The molecule has 2 aromatic rings. The van der Waals surface area contributed by atoms with Crippen LogP contribution in [0.5, 0.6) is 0 Å². The van der Waals surface area contributed by atoms with Crippen LogP contribution < -0.4 is 9.62 Å². The van der Waals surface area contributed by atoms with E-state index in [0.717, 1.165) is 17.0 Å². The lowest BCUT2D eigenvalue weighted by Crippen LogP contribution is -2.53. The van der Waals surface area contributed by atoms with Crippen molar-refractivity contribution >= 4 is 50.7 Å². The molecule has 0 saturated heterocycles. The Balaban J connectivity index is 2.48. The average Bonchev–Trinajstić information content (AvgIpc) is 2.78. The van der Waals surface area contributed by atoms with Crippen molar-refractivity contribution in [2.24, 2.45) is 0 Å². The van der Waals surface area contributed by atoms with Crippen molar-refractivity contribution in [1.29, 1.82) is 0 Å². The smallest absolute Gasteiger partial charge is 0.244 e. The summed E-state index contributed by atoms with van der Waals surface area (Å²) in [5.74, 6) is -0.865. The fourth-order valence-corrected chi connectivity index (χ4v) is 4.79. The molecule has 0 aliphatic heterocycles. The highest BCUT2D eigenvalue weighted by atomic mass is 35.5. The van der Waals surface area contributed by atoms with Crippen LogP contribution in [0, 0.1) is 0 Å². The lowest BCUT2D eigenvalue weighted by atomic mass is 10.1. The number of sulfonamides is 1. The largest absolute Gasteiger partial charge is 0.352 e. The second-order valence-electron chi connectivity index (χ2n) is 8.07. The topological polar surface area (TPSA) is 86.8 Å². The zero-order valence-electron chi connectivity index (χ0n) is 19.8. The molecule has 0 bridgehead atoms. The molecule has 2 aromatic carbocycles.